The van der Waals surface area contributed by atoms with Crippen LogP contribution in [0.25, 0.3) is 16.9 Å². The average molecular weight is 343 g/mol. The zero-order valence-electron chi connectivity index (χ0n) is 14.7. The van der Waals surface area contributed by atoms with E-state index in [4.69, 9.17) is 9.72 Å². The van der Waals surface area contributed by atoms with Gasteiger partial charge < -0.3 is 10.1 Å². The van der Waals surface area contributed by atoms with Gasteiger partial charge in [0.1, 0.15) is 0 Å². The topological polar surface area (TPSA) is 52.0 Å². The number of hydrogen-bond acceptors (Lipinski definition) is 4. The Bertz CT molecular complexity index is 1040. The SMILES string of the molecule is COc1cnc(-n2c(C)cc3[c]cccc32)nc1NCc1ccccc1. The number of aromatic nitrogens is 3. The third kappa shape index (κ3) is 2.99. The number of rotatable bonds is 5. The summed E-state index contributed by atoms with van der Waals surface area (Å²) in [7, 11) is 1.62. The Morgan fingerprint density at radius 2 is 2.00 bits per heavy atom. The molecule has 1 radical (unpaired) electrons. The van der Waals surface area contributed by atoms with E-state index in [0.717, 1.165) is 16.6 Å². The highest BCUT2D eigenvalue weighted by atomic mass is 16.5. The molecular formula is C21H19N4O. The summed E-state index contributed by atoms with van der Waals surface area (Å²) in [6.07, 6.45) is 1.70. The quantitative estimate of drug-likeness (QED) is 0.591. The molecule has 1 N–H and O–H groups in total. The minimum atomic E-state index is 0.605. The van der Waals surface area contributed by atoms with Gasteiger partial charge in [0, 0.05) is 17.6 Å². The molecule has 0 aliphatic rings. The van der Waals surface area contributed by atoms with E-state index in [-0.39, 0.29) is 0 Å². The number of anilines is 1. The van der Waals surface area contributed by atoms with Gasteiger partial charge in [0.15, 0.2) is 11.6 Å². The molecule has 129 valence electrons. The van der Waals surface area contributed by atoms with E-state index in [9.17, 15) is 0 Å². The van der Waals surface area contributed by atoms with Gasteiger partial charge in [0.25, 0.3) is 0 Å². The van der Waals surface area contributed by atoms with E-state index in [2.05, 4.69) is 34.6 Å². The fourth-order valence-electron chi connectivity index (χ4n) is 3.01. The maximum atomic E-state index is 5.42. The lowest BCUT2D eigenvalue weighted by molar-refractivity contribution is 0.412. The number of aryl methyl sites for hydroxylation is 1. The van der Waals surface area contributed by atoms with Crippen LogP contribution in [0.15, 0.2) is 60.8 Å². The predicted octanol–water partition coefficient (Wildman–Crippen LogP) is 4.15. The summed E-state index contributed by atoms with van der Waals surface area (Å²) < 4.78 is 7.45. The second-order valence-corrected chi connectivity index (χ2v) is 6.02. The van der Waals surface area contributed by atoms with Crippen LogP contribution in [0.1, 0.15) is 11.3 Å². The summed E-state index contributed by atoms with van der Waals surface area (Å²) >= 11 is 0. The van der Waals surface area contributed by atoms with Crippen LogP contribution < -0.4 is 10.1 Å². The van der Waals surface area contributed by atoms with Crippen molar-refractivity contribution in [1.82, 2.24) is 14.5 Å². The van der Waals surface area contributed by atoms with E-state index in [1.165, 1.54) is 5.56 Å². The van der Waals surface area contributed by atoms with Gasteiger partial charge in [-0.25, -0.2) is 4.98 Å². The third-order valence-corrected chi connectivity index (χ3v) is 4.28. The molecule has 0 atom stereocenters. The van der Waals surface area contributed by atoms with Crippen LogP contribution in [-0.2, 0) is 6.54 Å². The third-order valence-electron chi connectivity index (χ3n) is 4.28. The van der Waals surface area contributed by atoms with Crippen LogP contribution >= 0.6 is 0 Å². The van der Waals surface area contributed by atoms with Crippen molar-refractivity contribution in [2.75, 3.05) is 12.4 Å². The van der Waals surface area contributed by atoms with Crippen molar-refractivity contribution in [3.63, 3.8) is 0 Å². The van der Waals surface area contributed by atoms with Crippen LogP contribution in [0.3, 0.4) is 0 Å². The number of nitrogens with zero attached hydrogens (tertiary/aromatic N) is 3. The maximum absolute atomic E-state index is 5.42. The molecule has 26 heavy (non-hydrogen) atoms. The van der Waals surface area contributed by atoms with Crippen LogP contribution in [0.4, 0.5) is 5.82 Å². The molecule has 0 unspecified atom stereocenters. The Labute approximate surface area is 152 Å². The number of fused-ring (bicyclic) bond motifs is 1. The first kappa shape index (κ1) is 16.1. The molecule has 5 nitrogen and oxygen atoms in total. The summed E-state index contributed by atoms with van der Waals surface area (Å²) in [6, 6.07) is 21.4. The van der Waals surface area contributed by atoms with E-state index in [0.29, 0.717) is 24.1 Å². The highest BCUT2D eigenvalue weighted by Crippen LogP contribution is 2.26. The maximum Gasteiger partial charge on any atom is 0.236 e. The Balaban J connectivity index is 1.72. The molecule has 0 bridgehead atoms. The molecule has 4 rings (SSSR count). The number of nitrogens with one attached hydrogen (secondary N) is 1. The normalized spacial score (nSPS) is 10.8. The minimum absolute atomic E-state index is 0.605. The van der Waals surface area contributed by atoms with Crippen LogP contribution in [0.2, 0.25) is 0 Å². The molecule has 0 spiro atoms. The monoisotopic (exact) mass is 343 g/mol. The molecule has 5 heteroatoms. The van der Waals surface area contributed by atoms with Crippen molar-refractivity contribution in [1.29, 1.82) is 0 Å². The molecule has 4 aromatic rings. The van der Waals surface area contributed by atoms with Gasteiger partial charge in [-0.3, -0.25) is 4.57 Å². The van der Waals surface area contributed by atoms with E-state index >= 15 is 0 Å². The first-order valence-corrected chi connectivity index (χ1v) is 8.44. The fourth-order valence-corrected chi connectivity index (χ4v) is 3.01. The van der Waals surface area contributed by atoms with E-state index < -0.39 is 0 Å². The highest BCUT2D eigenvalue weighted by Gasteiger charge is 2.13. The predicted molar refractivity (Wildman–Crippen MR) is 103 cm³/mol. The number of ether oxygens (including phenoxy) is 1. The summed E-state index contributed by atoms with van der Waals surface area (Å²) in [5, 5.41) is 4.40. The molecule has 0 fully saturated rings. The highest BCUT2D eigenvalue weighted by molar-refractivity contribution is 5.82. The number of hydrogen-bond donors (Lipinski definition) is 1. The molecular weight excluding hydrogens is 324 g/mol. The zero-order valence-corrected chi connectivity index (χ0v) is 14.7. The van der Waals surface area contributed by atoms with Crippen molar-refractivity contribution in [2.24, 2.45) is 0 Å². The Morgan fingerprint density at radius 1 is 1.15 bits per heavy atom. The molecule has 2 aromatic carbocycles. The summed E-state index contributed by atoms with van der Waals surface area (Å²) in [6.45, 7) is 2.70. The van der Waals surface area contributed by atoms with Gasteiger partial charge in [-0.2, -0.15) is 4.98 Å². The second-order valence-electron chi connectivity index (χ2n) is 6.02. The number of methoxy groups -OCH3 is 1. The lowest BCUT2D eigenvalue weighted by Crippen LogP contribution is -2.08. The Kier molecular flexibility index (Phi) is 4.27. The van der Waals surface area contributed by atoms with Gasteiger partial charge in [0.2, 0.25) is 5.95 Å². The van der Waals surface area contributed by atoms with Gasteiger partial charge in [-0.1, -0.05) is 42.5 Å². The molecule has 0 aliphatic heterocycles. The van der Waals surface area contributed by atoms with Gasteiger partial charge in [-0.15, -0.1) is 0 Å². The largest absolute Gasteiger partial charge is 0.491 e. The Morgan fingerprint density at radius 3 is 2.81 bits per heavy atom. The first-order chi connectivity index (χ1) is 12.8. The second kappa shape index (κ2) is 6.88. The molecule has 2 aromatic heterocycles. The summed E-state index contributed by atoms with van der Waals surface area (Å²) in [4.78, 5) is 9.21. The summed E-state index contributed by atoms with van der Waals surface area (Å²) in [5.41, 5.74) is 3.26. The molecule has 2 heterocycles. The van der Waals surface area contributed by atoms with Crippen molar-refractivity contribution in [3.05, 3.63) is 78.1 Å². The van der Waals surface area contributed by atoms with Crippen LogP contribution in [0, 0.1) is 13.0 Å². The lowest BCUT2D eigenvalue weighted by atomic mass is 10.2. The fraction of sp³-hybridized carbons (Fsp3) is 0.143. The number of benzene rings is 2. The molecule has 0 saturated carbocycles. The smallest absolute Gasteiger partial charge is 0.236 e. The van der Waals surface area contributed by atoms with Gasteiger partial charge in [0.05, 0.1) is 18.8 Å². The zero-order chi connectivity index (χ0) is 17.9. The molecule has 0 aliphatic carbocycles. The summed E-state index contributed by atoms with van der Waals surface area (Å²) in [5.74, 6) is 1.89. The lowest BCUT2D eigenvalue weighted by Gasteiger charge is -2.13. The van der Waals surface area contributed by atoms with Crippen molar-refractivity contribution >= 4 is 16.7 Å². The Hall–Kier alpha value is -3.34. The van der Waals surface area contributed by atoms with Gasteiger partial charge >= 0.3 is 0 Å². The van der Waals surface area contributed by atoms with Crippen molar-refractivity contribution in [3.8, 4) is 11.7 Å². The van der Waals surface area contributed by atoms with Gasteiger partial charge in [-0.05, 0) is 30.7 Å². The first-order valence-electron chi connectivity index (χ1n) is 8.44. The average Bonchev–Trinajstić information content (AvgIpc) is 3.02. The van der Waals surface area contributed by atoms with Crippen LogP contribution in [0.5, 0.6) is 5.75 Å². The van der Waals surface area contributed by atoms with Crippen molar-refractivity contribution < 1.29 is 4.74 Å². The van der Waals surface area contributed by atoms with Crippen molar-refractivity contribution in [2.45, 2.75) is 13.5 Å². The van der Waals surface area contributed by atoms with E-state index in [1.54, 1.807) is 13.3 Å². The van der Waals surface area contributed by atoms with Crippen LogP contribution in [-0.4, -0.2) is 21.6 Å². The minimum Gasteiger partial charge on any atom is -0.491 e. The molecule has 0 amide bonds. The molecule has 0 saturated heterocycles. The van der Waals surface area contributed by atoms with E-state index in [1.807, 2.05) is 47.9 Å². The standard InChI is InChI=1S/C21H19N4O/c1-15-12-17-10-6-7-11-18(17)25(15)21-23-14-19(26-2)20(24-21)22-13-16-8-4-3-5-9-16/h3-9,11-12,14H,13H2,1-2H3,(H,22,23,24).